The second-order valence-corrected chi connectivity index (χ2v) is 4.25. The molecular formula is C11H15N3O4. The minimum Gasteiger partial charge on any atom is -0.481 e. The number of nitrogens with two attached hydrogens (primary N) is 1. The van der Waals surface area contributed by atoms with Gasteiger partial charge in [-0.15, -0.1) is 0 Å². The standard InChI is InChI=1S/C11H15N3O4/c1-17-10-5-4-9(14(15)16)11(13-10)18-8-3-2-7(12)6-8/h4-5,7-8H,2-3,6,12H2,1H3. The van der Waals surface area contributed by atoms with Crippen LogP contribution in [0.3, 0.4) is 0 Å². The Kier molecular flexibility index (Phi) is 3.61. The van der Waals surface area contributed by atoms with Gasteiger partial charge in [0, 0.05) is 18.2 Å². The van der Waals surface area contributed by atoms with Crippen molar-refractivity contribution in [3.05, 3.63) is 22.2 Å². The Morgan fingerprint density at radius 1 is 1.50 bits per heavy atom. The molecule has 1 aliphatic carbocycles. The topological polar surface area (TPSA) is 101 Å². The van der Waals surface area contributed by atoms with Gasteiger partial charge in [0.15, 0.2) is 0 Å². The number of hydrogen-bond donors (Lipinski definition) is 1. The summed E-state index contributed by atoms with van der Waals surface area (Å²) in [5, 5.41) is 10.9. The third kappa shape index (κ3) is 2.67. The average Bonchev–Trinajstić information content (AvgIpc) is 2.74. The van der Waals surface area contributed by atoms with Crippen molar-refractivity contribution >= 4 is 5.69 Å². The SMILES string of the molecule is COc1ccc([N+](=O)[O-])c(OC2CCC(N)C2)n1. The highest BCUT2D eigenvalue weighted by Gasteiger charge is 2.27. The van der Waals surface area contributed by atoms with Crippen LogP contribution in [0.5, 0.6) is 11.8 Å². The quantitative estimate of drug-likeness (QED) is 0.640. The fourth-order valence-electron chi connectivity index (χ4n) is 1.99. The Labute approximate surface area is 104 Å². The monoisotopic (exact) mass is 253 g/mol. The predicted octanol–water partition coefficient (Wildman–Crippen LogP) is 1.26. The molecule has 98 valence electrons. The maximum absolute atomic E-state index is 10.9. The van der Waals surface area contributed by atoms with E-state index >= 15 is 0 Å². The van der Waals surface area contributed by atoms with E-state index in [4.69, 9.17) is 15.2 Å². The van der Waals surface area contributed by atoms with E-state index < -0.39 is 4.92 Å². The van der Waals surface area contributed by atoms with Crippen molar-refractivity contribution in [3.63, 3.8) is 0 Å². The normalized spacial score (nSPS) is 22.8. The third-order valence-electron chi connectivity index (χ3n) is 2.92. The predicted molar refractivity (Wildman–Crippen MR) is 63.7 cm³/mol. The van der Waals surface area contributed by atoms with Crippen LogP contribution >= 0.6 is 0 Å². The van der Waals surface area contributed by atoms with Crippen molar-refractivity contribution in [2.75, 3.05) is 7.11 Å². The molecule has 7 heteroatoms. The minimum absolute atomic E-state index is 0.00144. The first-order valence-corrected chi connectivity index (χ1v) is 5.72. The number of nitrogens with zero attached hydrogens (tertiary/aromatic N) is 2. The molecule has 2 unspecified atom stereocenters. The summed E-state index contributed by atoms with van der Waals surface area (Å²) in [6.45, 7) is 0. The van der Waals surface area contributed by atoms with E-state index in [1.807, 2.05) is 0 Å². The first-order chi connectivity index (χ1) is 8.60. The molecule has 1 saturated carbocycles. The van der Waals surface area contributed by atoms with E-state index in [9.17, 15) is 10.1 Å². The number of aromatic nitrogens is 1. The molecule has 2 atom stereocenters. The van der Waals surface area contributed by atoms with Crippen LogP contribution in [0, 0.1) is 10.1 Å². The molecule has 0 saturated heterocycles. The lowest BCUT2D eigenvalue weighted by molar-refractivity contribution is -0.386. The van der Waals surface area contributed by atoms with Gasteiger partial charge in [-0.1, -0.05) is 0 Å². The lowest BCUT2D eigenvalue weighted by atomic mass is 10.3. The van der Waals surface area contributed by atoms with Gasteiger partial charge in [0.2, 0.25) is 5.88 Å². The molecule has 1 fully saturated rings. The molecule has 0 aliphatic heterocycles. The van der Waals surface area contributed by atoms with E-state index in [2.05, 4.69) is 4.98 Å². The summed E-state index contributed by atoms with van der Waals surface area (Å²) in [6.07, 6.45) is 2.23. The van der Waals surface area contributed by atoms with E-state index in [1.165, 1.54) is 19.2 Å². The molecule has 1 aromatic rings. The number of nitro groups is 1. The maximum Gasteiger partial charge on any atom is 0.331 e. The Hall–Kier alpha value is -1.89. The highest BCUT2D eigenvalue weighted by Crippen LogP contribution is 2.31. The van der Waals surface area contributed by atoms with Gasteiger partial charge >= 0.3 is 5.69 Å². The first-order valence-electron chi connectivity index (χ1n) is 5.72. The fourth-order valence-corrected chi connectivity index (χ4v) is 1.99. The van der Waals surface area contributed by atoms with Crippen LogP contribution < -0.4 is 15.2 Å². The van der Waals surface area contributed by atoms with Gasteiger partial charge in [0.05, 0.1) is 12.0 Å². The molecule has 2 N–H and O–H groups in total. The van der Waals surface area contributed by atoms with E-state index in [-0.39, 0.29) is 29.6 Å². The molecule has 2 rings (SSSR count). The molecule has 18 heavy (non-hydrogen) atoms. The van der Waals surface area contributed by atoms with Gasteiger partial charge in [-0.3, -0.25) is 10.1 Å². The maximum atomic E-state index is 10.9. The van der Waals surface area contributed by atoms with Crippen molar-refractivity contribution in [1.82, 2.24) is 4.98 Å². The molecule has 0 bridgehead atoms. The Morgan fingerprint density at radius 3 is 2.83 bits per heavy atom. The van der Waals surface area contributed by atoms with Gasteiger partial charge in [0.25, 0.3) is 5.88 Å². The van der Waals surface area contributed by atoms with Crippen LogP contribution in [-0.2, 0) is 0 Å². The van der Waals surface area contributed by atoms with Gasteiger partial charge < -0.3 is 15.2 Å². The molecular weight excluding hydrogens is 238 g/mol. The Morgan fingerprint density at radius 2 is 2.28 bits per heavy atom. The molecule has 0 amide bonds. The van der Waals surface area contributed by atoms with Gasteiger partial charge in [-0.25, -0.2) is 0 Å². The Balaban J connectivity index is 2.21. The zero-order valence-corrected chi connectivity index (χ0v) is 10.0. The average molecular weight is 253 g/mol. The highest BCUT2D eigenvalue weighted by atomic mass is 16.6. The van der Waals surface area contributed by atoms with Crippen LogP contribution in [0.25, 0.3) is 0 Å². The molecule has 1 aliphatic rings. The van der Waals surface area contributed by atoms with Crippen LogP contribution in [0.4, 0.5) is 5.69 Å². The summed E-state index contributed by atoms with van der Waals surface area (Å²) < 4.78 is 10.5. The van der Waals surface area contributed by atoms with E-state index in [1.54, 1.807) is 0 Å². The zero-order valence-electron chi connectivity index (χ0n) is 10.0. The molecule has 0 spiro atoms. The van der Waals surface area contributed by atoms with Crippen molar-refractivity contribution in [3.8, 4) is 11.8 Å². The molecule has 1 aromatic heterocycles. The second-order valence-electron chi connectivity index (χ2n) is 4.25. The van der Waals surface area contributed by atoms with Crippen molar-refractivity contribution in [2.24, 2.45) is 5.73 Å². The van der Waals surface area contributed by atoms with Gasteiger partial charge in [0.1, 0.15) is 6.10 Å². The number of pyridine rings is 1. The van der Waals surface area contributed by atoms with Gasteiger partial charge in [-0.05, 0) is 19.3 Å². The largest absolute Gasteiger partial charge is 0.481 e. The first kappa shape index (κ1) is 12.6. The summed E-state index contributed by atoms with van der Waals surface area (Å²) >= 11 is 0. The number of ether oxygens (including phenoxy) is 2. The summed E-state index contributed by atoms with van der Waals surface area (Å²) in [4.78, 5) is 14.3. The van der Waals surface area contributed by atoms with E-state index in [0.29, 0.717) is 6.42 Å². The summed E-state index contributed by atoms with van der Waals surface area (Å²) in [5.41, 5.74) is 5.62. The van der Waals surface area contributed by atoms with Crippen molar-refractivity contribution in [2.45, 2.75) is 31.4 Å². The van der Waals surface area contributed by atoms with Crippen LogP contribution in [0.2, 0.25) is 0 Å². The highest BCUT2D eigenvalue weighted by molar-refractivity contribution is 5.43. The minimum atomic E-state index is -0.517. The van der Waals surface area contributed by atoms with E-state index in [0.717, 1.165) is 12.8 Å². The summed E-state index contributed by atoms with van der Waals surface area (Å²) in [5.74, 6) is 0.288. The molecule has 0 aromatic carbocycles. The Bertz CT molecular complexity index is 452. The second kappa shape index (κ2) is 5.18. The lowest BCUT2D eigenvalue weighted by Crippen LogP contribution is -2.19. The van der Waals surface area contributed by atoms with Crippen LogP contribution in [0.1, 0.15) is 19.3 Å². The van der Waals surface area contributed by atoms with Gasteiger partial charge in [-0.2, -0.15) is 4.98 Å². The summed E-state index contributed by atoms with van der Waals surface area (Å²) in [6, 6.07) is 2.86. The molecule has 7 nitrogen and oxygen atoms in total. The number of rotatable bonds is 4. The smallest absolute Gasteiger partial charge is 0.331 e. The molecule has 0 radical (unpaired) electrons. The fraction of sp³-hybridized carbons (Fsp3) is 0.545. The number of hydrogen-bond acceptors (Lipinski definition) is 6. The summed E-state index contributed by atoms with van der Waals surface area (Å²) in [7, 11) is 1.45. The molecule has 1 heterocycles. The van der Waals surface area contributed by atoms with Crippen molar-refractivity contribution in [1.29, 1.82) is 0 Å². The lowest BCUT2D eigenvalue weighted by Gasteiger charge is -2.12. The van der Waals surface area contributed by atoms with Crippen LogP contribution in [0.15, 0.2) is 12.1 Å². The van der Waals surface area contributed by atoms with Crippen LogP contribution in [-0.4, -0.2) is 29.2 Å². The zero-order chi connectivity index (χ0) is 13.1. The van der Waals surface area contributed by atoms with Crippen molar-refractivity contribution < 1.29 is 14.4 Å². The third-order valence-corrected chi connectivity index (χ3v) is 2.92. The number of methoxy groups -OCH3 is 1.